The van der Waals surface area contributed by atoms with E-state index in [1.165, 1.54) is 6.21 Å². The predicted octanol–water partition coefficient (Wildman–Crippen LogP) is 1.13. The fraction of sp³-hybridized carbons (Fsp3) is 0.286. The number of hydrogen-bond donors (Lipinski definition) is 2. The topological polar surface area (TPSA) is 44.1 Å². The van der Waals surface area contributed by atoms with E-state index in [0.29, 0.717) is 0 Å². The summed E-state index contributed by atoms with van der Waals surface area (Å²) in [6, 6.07) is 0. The molecule has 50 valence electrons. The Bertz CT molecular complexity index is 136. The van der Waals surface area contributed by atoms with Gasteiger partial charge in [-0.2, -0.15) is 0 Å². The molecule has 2 heteroatoms. The van der Waals surface area contributed by atoms with Gasteiger partial charge in [-0.05, 0) is 18.6 Å². The van der Waals surface area contributed by atoms with Crippen molar-refractivity contribution >= 4 is 6.21 Å². The number of allylic oxidation sites excluding steroid dienone is 2. The molecule has 9 heavy (non-hydrogen) atoms. The first-order chi connectivity index (χ1) is 4.35. The molecule has 0 fully saturated rings. The second-order valence-corrected chi connectivity index (χ2v) is 1.55. The minimum atomic E-state index is 0.0425. The van der Waals surface area contributed by atoms with Gasteiger partial charge in [-0.1, -0.05) is 12.2 Å². The molecule has 0 aromatic rings. The maximum absolute atomic E-state index is 8.56. The molecular formula is C7H11NO. The van der Waals surface area contributed by atoms with Crippen LogP contribution in [-0.2, 0) is 0 Å². The fourth-order valence-corrected chi connectivity index (χ4v) is 0.412. The Labute approximate surface area is 55.0 Å². The Morgan fingerprint density at radius 2 is 2.33 bits per heavy atom. The van der Waals surface area contributed by atoms with E-state index in [2.05, 4.69) is 0 Å². The summed E-state index contributed by atoms with van der Waals surface area (Å²) in [4.78, 5) is 0. The zero-order valence-corrected chi connectivity index (χ0v) is 5.46. The third-order valence-corrected chi connectivity index (χ3v) is 0.960. The largest absolute Gasteiger partial charge is 0.392 e. The number of aliphatic hydroxyl groups is 1. The van der Waals surface area contributed by atoms with E-state index >= 15 is 0 Å². The molecule has 0 saturated carbocycles. The molecule has 0 aliphatic rings. The van der Waals surface area contributed by atoms with Crippen LogP contribution in [0.25, 0.3) is 0 Å². The zero-order chi connectivity index (χ0) is 7.11. The lowest BCUT2D eigenvalue weighted by Gasteiger charge is -1.89. The van der Waals surface area contributed by atoms with Crippen LogP contribution < -0.4 is 0 Å². The number of aliphatic hydroxyl groups excluding tert-OH is 1. The van der Waals surface area contributed by atoms with E-state index in [-0.39, 0.29) is 6.61 Å². The van der Waals surface area contributed by atoms with Crippen molar-refractivity contribution in [2.45, 2.75) is 6.92 Å². The Morgan fingerprint density at radius 1 is 1.67 bits per heavy atom. The fourth-order valence-electron chi connectivity index (χ4n) is 0.412. The van der Waals surface area contributed by atoms with E-state index < -0.39 is 0 Å². The van der Waals surface area contributed by atoms with Crippen LogP contribution >= 0.6 is 0 Å². The molecule has 0 rings (SSSR count). The second-order valence-electron chi connectivity index (χ2n) is 1.55. The predicted molar refractivity (Wildman–Crippen MR) is 38.8 cm³/mol. The van der Waals surface area contributed by atoms with Gasteiger partial charge in [0.05, 0.1) is 6.61 Å². The van der Waals surface area contributed by atoms with Gasteiger partial charge in [0.25, 0.3) is 0 Å². The smallest absolute Gasteiger partial charge is 0.0678 e. The average Bonchev–Trinajstić information content (AvgIpc) is 1.91. The van der Waals surface area contributed by atoms with Crippen LogP contribution in [0.2, 0.25) is 0 Å². The lowest BCUT2D eigenvalue weighted by molar-refractivity contribution is 0.335. The molecule has 0 bridgehead atoms. The number of hydrogen-bond acceptors (Lipinski definition) is 2. The van der Waals surface area contributed by atoms with Crippen molar-refractivity contribution in [3.63, 3.8) is 0 Å². The standard InChI is InChI=1S/C7H11NO/c1-2-7(6-9)4-3-5-8/h2-5,8-9H,6H2,1H3/b4-3-,7-2+,8-5?. The van der Waals surface area contributed by atoms with E-state index in [9.17, 15) is 0 Å². The molecule has 0 aromatic carbocycles. The van der Waals surface area contributed by atoms with Gasteiger partial charge in [0.1, 0.15) is 0 Å². The van der Waals surface area contributed by atoms with E-state index in [1.807, 2.05) is 6.92 Å². The van der Waals surface area contributed by atoms with Crippen molar-refractivity contribution in [2.24, 2.45) is 0 Å². The Hall–Kier alpha value is -0.890. The first-order valence-electron chi connectivity index (χ1n) is 2.78. The summed E-state index contributed by atoms with van der Waals surface area (Å²) >= 11 is 0. The van der Waals surface area contributed by atoms with Crippen LogP contribution in [-0.4, -0.2) is 17.9 Å². The highest BCUT2D eigenvalue weighted by atomic mass is 16.3. The highest BCUT2D eigenvalue weighted by Gasteiger charge is 1.81. The quantitative estimate of drug-likeness (QED) is 0.431. The van der Waals surface area contributed by atoms with Gasteiger partial charge in [-0.15, -0.1) is 0 Å². The van der Waals surface area contributed by atoms with Crippen LogP contribution in [0.15, 0.2) is 23.8 Å². The second kappa shape index (κ2) is 5.25. The van der Waals surface area contributed by atoms with Crippen molar-refractivity contribution in [1.29, 1.82) is 5.41 Å². The van der Waals surface area contributed by atoms with Crippen molar-refractivity contribution in [2.75, 3.05) is 6.61 Å². The van der Waals surface area contributed by atoms with Crippen molar-refractivity contribution < 1.29 is 5.11 Å². The molecular weight excluding hydrogens is 114 g/mol. The minimum absolute atomic E-state index is 0.0425. The first-order valence-corrected chi connectivity index (χ1v) is 2.78. The molecule has 0 atom stereocenters. The maximum atomic E-state index is 8.56. The van der Waals surface area contributed by atoms with Gasteiger partial charge < -0.3 is 10.5 Å². The Balaban J connectivity index is 3.84. The van der Waals surface area contributed by atoms with Crippen molar-refractivity contribution in [1.82, 2.24) is 0 Å². The SMILES string of the molecule is C/C=C(\C=C/C=N)CO. The molecule has 2 nitrogen and oxygen atoms in total. The minimum Gasteiger partial charge on any atom is -0.392 e. The summed E-state index contributed by atoms with van der Waals surface area (Å²) in [5, 5.41) is 15.2. The van der Waals surface area contributed by atoms with Crippen molar-refractivity contribution in [3.05, 3.63) is 23.8 Å². The lowest BCUT2D eigenvalue weighted by Crippen LogP contribution is -1.83. The summed E-state index contributed by atoms with van der Waals surface area (Å²) in [7, 11) is 0. The molecule has 2 N–H and O–H groups in total. The summed E-state index contributed by atoms with van der Waals surface area (Å²) in [6.45, 7) is 1.89. The van der Waals surface area contributed by atoms with Gasteiger partial charge in [0.15, 0.2) is 0 Å². The lowest BCUT2D eigenvalue weighted by atomic mass is 10.2. The maximum Gasteiger partial charge on any atom is 0.0678 e. The number of rotatable bonds is 3. The van der Waals surface area contributed by atoms with Gasteiger partial charge >= 0.3 is 0 Å². The zero-order valence-electron chi connectivity index (χ0n) is 5.46. The molecule has 0 unspecified atom stereocenters. The molecule has 0 aliphatic heterocycles. The average molecular weight is 125 g/mol. The highest BCUT2D eigenvalue weighted by Crippen LogP contribution is 1.92. The third kappa shape index (κ3) is 3.67. The van der Waals surface area contributed by atoms with E-state index in [0.717, 1.165) is 5.57 Å². The van der Waals surface area contributed by atoms with Crippen LogP contribution in [0.5, 0.6) is 0 Å². The van der Waals surface area contributed by atoms with Crippen LogP contribution in [0.1, 0.15) is 6.92 Å². The summed E-state index contributed by atoms with van der Waals surface area (Å²) in [5.41, 5.74) is 0.832. The molecule has 0 amide bonds. The first kappa shape index (κ1) is 8.11. The molecule has 0 aliphatic carbocycles. The number of nitrogens with one attached hydrogen (secondary N) is 1. The summed E-state index contributed by atoms with van der Waals surface area (Å²) < 4.78 is 0. The Kier molecular flexibility index (Phi) is 4.73. The summed E-state index contributed by atoms with van der Waals surface area (Å²) in [5.74, 6) is 0. The molecule has 0 aromatic heterocycles. The van der Waals surface area contributed by atoms with Gasteiger partial charge in [0.2, 0.25) is 0 Å². The molecule has 0 spiro atoms. The molecule has 0 heterocycles. The molecule has 0 radical (unpaired) electrons. The van der Waals surface area contributed by atoms with Crippen molar-refractivity contribution in [3.8, 4) is 0 Å². The van der Waals surface area contributed by atoms with Gasteiger partial charge in [0, 0.05) is 6.21 Å². The van der Waals surface area contributed by atoms with Crippen LogP contribution in [0.3, 0.4) is 0 Å². The Morgan fingerprint density at radius 3 is 2.67 bits per heavy atom. The third-order valence-electron chi connectivity index (χ3n) is 0.960. The highest BCUT2D eigenvalue weighted by molar-refractivity contribution is 5.68. The van der Waals surface area contributed by atoms with E-state index in [1.54, 1.807) is 18.2 Å². The monoisotopic (exact) mass is 125 g/mol. The van der Waals surface area contributed by atoms with Gasteiger partial charge in [-0.3, -0.25) is 0 Å². The normalized spacial score (nSPS) is 12.4. The van der Waals surface area contributed by atoms with Crippen LogP contribution in [0, 0.1) is 5.41 Å². The van der Waals surface area contributed by atoms with Crippen LogP contribution in [0.4, 0.5) is 0 Å². The molecule has 0 saturated heterocycles. The van der Waals surface area contributed by atoms with E-state index in [4.69, 9.17) is 10.5 Å². The van der Waals surface area contributed by atoms with Gasteiger partial charge in [-0.25, -0.2) is 0 Å². The summed E-state index contributed by atoms with van der Waals surface area (Å²) in [6.07, 6.45) is 6.26.